The molecule has 0 aliphatic rings. The molecule has 118 valence electrons. The number of hydrogen-bond acceptors (Lipinski definition) is 4. The summed E-state index contributed by atoms with van der Waals surface area (Å²) in [6, 6.07) is 6.80. The molecule has 23 heavy (non-hydrogen) atoms. The van der Waals surface area contributed by atoms with E-state index in [1.165, 1.54) is 6.20 Å². The minimum Gasteiger partial charge on any atom is -0.369 e. The van der Waals surface area contributed by atoms with Crippen LogP contribution < -0.4 is 10.6 Å². The highest BCUT2D eigenvalue weighted by molar-refractivity contribution is 6.33. The van der Waals surface area contributed by atoms with Crippen LogP contribution in [0.1, 0.15) is 17.3 Å². The van der Waals surface area contributed by atoms with Crippen molar-refractivity contribution in [1.82, 2.24) is 15.0 Å². The third kappa shape index (κ3) is 3.38. The summed E-state index contributed by atoms with van der Waals surface area (Å²) < 4.78 is 0. The number of aromatic amines is 1. The number of nitrogens with one attached hydrogen (secondary N) is 3. The van der Waals surface area contributed by atoms with Crippen LogP contribution in [-0.4, -0.2) is 27.4 Å². The molecular weight excluding hydrogens is 337 g/mol. The van der Waals surface area contributed by atoms with Gasteiger partial charge in [0.1, 0.15) is 5.82 Å². The van der Waals surface area contributed by atoms with E-state index >= 15 is 0 Å². The van der Waals surface area contributed by atoms with Gasteiger partial charge in [0, 0.05) is 17.8 Å². The average molecular weight is 350 g/mol. The van der Waals surface area contributed by atoms with Gasteiger partial charge >= 0.3 is 0 Å². The van der Waals surface area contributed by atoms with Crippen molar-refractivity contribution in [2.75, 3.05) is 17.2 Å². The number of carbonyl (C=O) groups is 1. The van der Waals surface area contributed by atoms with E-state index in [4.69, 9.17) is 23.2 Å². The highest BCUT2D eigenvalue weighted by Gasteiger charge is 2.12. The van der Waals surface area contributed by atoms with E-state index < -0.39 is 0 Å². The lowest BCUT2D eigenvalue weighted by Crippen LogP contribution is -2.13. The van der Waals surface area contributed by atoms with Gasteiger partial charge in [-0.25, -0.2) is 9.97 Å². The number of rotatable bonds is 4. The summed E-state index contributed by atoms with van der Waals surface area (Å²) in [5.74, 6) is 0.524. The monoisotopic (exact) mass is 349 g/mol. The Morgan fingerprint density at radius 2 is 2.13 bits per heavy atom. The van der Waals surface area contributed by atoms with Crippen molar-refractivity contribution in [2.45, 2.75) is 6.92 Å². The fourth-order valence-corrected chi connectivity index (χ4v) is 2.49. The SMILES string of the molecule is CCNc1ncc(C(=O)Nc2nc3ccc(Cl)cc3[nH]2)cc1Cl. The van der Waals surface area contributed by atoms with Crippen molar-refractivity contribution in [3.63, 3.8) is 0 Å². The normalized spacial score (nSPS) is 10.7. The molecule has 1 aromatic carbocycles. The predicted molar refractivity (Wildman–Crippen MR) is 92.5 cm³/mol. The first-order chi connectivity index (χ1) is 11.1. The number of pyridine rings is 1. The number of anilines is 2. The van der Waals surface area contributed by atoms with E-state index in [1.807, 2.05) is 6.92 Å². The zero-order valence-electron chi connectivity index (χ0n) is 12.2. The van der Waals surface area contributed by atoms with Crippen molar-refractivity contribution in [3.05, 3.63) is 46.1 Å². The molecule has 0 spiro atoms. The number of halogens is 2. The Bertz CT molecular complexity index is 877. The average Bonchev–Trinajstić information content (AvgIpc) is 2.90. The van der Waals surface area contributed by atoms with Crippen LogP contribution in [0.15, 0.2) is 30.5 Å². The zero-order chi connectivity index (χ0) is 16.4. The van der Waals surface area contributed by atoms with Crippen molar-refractivity contribution in [3.8, 4) is 0 Å². The molecule has 0 saturated heterocycles. The summed E-state index contributed by atoms with van der Waals surface area (Å²) in [5.41, 5.74) is 1.80. The fraction of sp³-hybridized carbons (Fsp3) is 0.133. The van der Waals surface area contributed by atoms with Crippen LogP contribution in [0, 0.1) is 0 Å². The maximum atomic E-state index is 12.3. The molecule has 0 fully saturated rings. The molecule has 0 saturated carbocycles. The highest BCUT2D eigenvalue weighted by Crippen LogP contribution is 2.22. The Kier molecular flexibility index (Phi) is 4.36. The lowest BCUT2D eigenvalue weighted by molar-refractivity contribution is 0.102. The second-order valence-corrected chi connectivity index (χ2v) is 5.63. The standard InChI is InChI=1S/C15H13Cl2N5O/c1-2-18-13-10(17)5-8(7-19-13)14(23)22-15-20-11-4-3-9(16)6-12(11)21-15/h3-7H,2H2,1H3,(H,18,19)(H2,20,21,22,23). The first-order valence-corrected chi connectivity index (χ1v) is 7.68. The number of fused-ring (bicyclic) bond motifs is 1. The van der Waals surface area contributed by atoms with Gasteiger partial charge in [0.15, 0.2) is 0 Å². The highest BCUT2D eigenvalue weighted by atomic mass is 35.5. The number of imidazole rings is 1. The molecule has 2 aromatic heterocycles. The predicted octanol–water partition coefficient (Wildman–Crippen LogP) is 3.95. The Hall–Kier alpha value is -2.31. The molecule has 3 N–H and O–H groups in total. The van der Waals surface area contributed by atoms with Crippen LogP contribution in [0.25, 0.3) is 11.0 Å². The second-order valence-electron chi connectivity index (χ2n) is 4.79. The van der Waals surface area contributed by atoms with Gasteiger partial charge in [-0.05, 0) is 31.2 Å². The summed E-state index contributed by atoms with van der Waals surface area (Å²) in [5, 5.41) is 6.66. The largest absolute Gasteiger partial charge is 0.369 e. The number of hydrogen-bond donors (Lipinski definition) is 3. The maximum absolute atomic E-state index is 12.3. The van der Waals surface area contributed by atoms with E-state index in [-0.39, 0.29) is 5.91 Å². The topological polar surface area (TPSA) is 82.7 Å². The number of aromatic nitrogens is 3. The van der Waals surface area contributed by atoms with Crippen molar-refractivity contribution in [2.24, 2.45) is 0 Å². The third-order valence-corrected chi connectivity index (χ3v) is 3.65. The van der Waals surface area contributed by atoms with Crippen LogP contribution >= 0.6 is 23.2 Å². The minimum atomic E-state index is -0.354. The molecule has 0 bridgehead atoms. The van der Waals surface area contributed by atoms with Crippen LogP contribution in [0.5, 0.6) is 0 Å². The van der Waals surface area contributed by atoms with E-state index in [0.29, 0.717) is 39.4 Å². The number of nitrogens with zero attached hydrogens (tertiary/aromatic N) is 2. The first-order valence-electron chi connectivity index (χ1n) is 6.93. The molecule has 3 aromatic rings. The van der Waals surface area contributed by atoms with E-state index in [0.717, 1.165) is 5.52 Å². The molecule has 0 atom stereocenters. The third-order valence-electron chi connectivity index (χ3n) is 3.12. The van der Waals surface area contributed by atoms with Crippen LogP contribution in [0.4, 0.5) is 11.8 Å². The summed E-state index contributed by atoms with van der Waals surface area (Å²) in [7, 11) is 0. The molecule has 2 heterocycles. The second kappa shape index (κ2) is 6.44. The smallest absolute Gasteiger partial charge is 0.259 e. The van der Waals surface area contributed by atoms with E-state index in [1.54, 1.807) is 24.3 Å². The van der Waals surface area contributed by atoms with Gasteiger partial charge in [-0.3, -0.25) is 10.1 Å². The number of benzene rings is 1. The summed E-state index contributed by atoms with van der Waals surface area (Å²) in [4.78, 5) is 23.7. The van der Waals surface area contributed by atoms with Crippen LogP contribution in [0.2, 0.25) is 10.0 Å². The Morgan fingerprint density at radius 3 is 2.87 bits per heavy atom. The molecule has 3 rings (SSSR count). The van der Waals surface area contributed by atoms with Crippen molar-refractivity contribution >= 4 is 51.9 Å². The van der Waals surface area contributed by atoms with Crippen LogP contribution in [0.3, 0.4) is 0 Å². The van der Waals surface area contributed by atoms with Gasteiger partial charge in [-0.1, -0.05) is 23.2 Å². The lowest BCUT2D eigenvalue weighted by Gasteiger charge is -2.06. The molecular formula is C15H13Cl2N5O. The molecule has 8 heteroatoms. The zero-order valence-corrected chi connectivity index (χ0v) is 13.7. The molecule has 6 nitrogen and oxygen atoms in total. The number of H-pyrrole nitrogens is 1. The Labute approximate surface area is 142 Å². The molecule has 0 aliphatic heterocycles. The van der Waals surface area contributed by atoms with Gasteiger partial charge in [0.25, 0.3) is 5.91 Å². The van der Waals surface area contributed by atoms with Gasteiger partial charge in [0.05, 0.1) is 21.6 Å². The Morgan fingerprint density at radius 1 is 1.30 bits per heavy atom. The summed E-state index contributed by atoms with van der Waals surface area (Å²) in [6.07, 6.45) is 1.46. The number of carbonyl (C=O) groups excluding carboxylic acids is 1. The lowest BCUT2D eigenvalue weighted by atomic mass is 10.2. The molecule has 1 amide bonds. The van der Waals surface area contributed by atoms with Crippen molar-refractivity contribution in [1.29, 1.82) is 0 Å². The summed E-state index contributed by atoms with van der Waals surface area (Å²) >= 11 is 12.0. The van der Waals surface area contributed by atoms with E-state index in [2.05, 4.69) is 25.6 Å². The van der Waals surface area contributed by atoms with Crippen LogP contribution in [-0.2, 0) is 0 Å². The van der Waals surface area contributed by atoms with Gasteiger partial charge in [0.2, 0.25) is 5.95 Å². The maximum Gasteiger partial charge on any atom is 0.259 e. The van der Waals surface area contributed by atoms with E-state index in [9.17, 15) is 4.79 Å². The summed E-state index contributed by atoms with van der Waals surface area (Å²) in [6.45, 7) is 2.63. The fourth-order valence-electron chi connectivity index (χ4n) is 2.08. The van der Waals surface area contributed by atoms with Gasteiger partial charge < -0.3 is 10.3 Å². The van der Waals surface area contributed by atoms with Gasteiger partial charge in [-0.2, -0.15) is 0 Å². The Balaban J connectivity index is 1.81. The van der Waals surface area contributed by atoms with Gasteiger partial charge in [-0.15, -0.1) is 0 Å². The first kappa shape index (κ1) is 15.6. The molecule has 0 aliphatic carbocycles. The molecule has 0 radical (unpaired) electrons. The quantitative estimate of drug-likeness (QED) is 0.665. The minimum absolute atomic E-state index is 0.333. The number of amides is 1. The molecule has 0 unspecified atom stereocenters. The van der Waals surface area contributed by atoms with Crippen molar-refractivity contribution < 1.29 is 4.79 Å².